The molecular weight excluding hydrogens is 360 g/mol. The van der Waals surface area contributed by atoms with Crippen LogP contribution in [0, 0.1) is 16.0 Å². The van der Waals surface area contributed by atoms with Gasteiger partial charge in [0, 0.05) is 23.8 Å². The molecule has 0 aliphatic carbocycles. The van der Waals surface area contributed by atoms with Crippen molar-refractivity contribution < 1.29 is 19.2 Å². The second-order valence-corrected chi connectivity index (χ2v) is 6.15. The summed E-state index contributed by atoms with van der Waals surface area (Å²) in [6, 6.07) is 5.89. The van der Waals surface area contributed by atoms with Crippen molar-refractivity contribution in [2.45, 2.75) is 26.7 Å². The van der Waals surface area contributed by atoms with E-state index in [1.165, 1.54) is 25.1 Å². The Morgan fingerprint density at radius 1 is 1.38 bits per heavy atom. The zero-order valence-electron chi connectivity index (χ0n) is 14.7. The second-order valence-electron chi connectivity index (χ2n) is 5.89. The average molecular weight is 379 g/mol. The SMILES string of the molecule is CCOC(=O)C1=C(CCl)N=C(C)C(C(C)=O)C1c1cccc([N+](=O)[O-])c1. The lowest BCUT2D eigenvalue weighted by atomic mass is 9.74. The van der Waals surface area contributed by atoms with Crippen molar-refractivity contribution in [1.29, 1.82) is 0 Å². The third-order valence-corrected chi connectivity index (χ3v) is 4.47. The van der Waals surface area contributed by atoms with E-state index in [0.717, 1.165) is 0 Å². The molecule has 26 heavy (non-hydrogen) atoms. The molecule has 0 saturated heterocycles. The van der Waals surface area contributed by atoms with Gasteiger partial charge in [0.1, 0.15) is 5.78 Å². The van der Waals surface area contributed by atoms with Gasteiger partial charge >= 0.3 is 5.97 Å². The minimum Gasteiger partial charge on any atom is -0.463 e. The van der Waals surface area contributed by atoms with Gasteiger partial charge in [0.2, 0.25) is 0 Å². The molecule has 0 aromatic heterocycles. The molecule has 2 rings (SSSR count). The maximum absolute atomic E-state index is 12.6. The first-order chi connectivity index (χ1) is 12.3. The number of carbonyl (C=O) groups excluding carboxylic acids is 2. The first-order valence-electron chi connectivity index (χ1n) is 8.07. The van der Waals surface area contributed by atoms with Crippen LogP contribution >= 0.6 is 11.6 Å². The van der Waals surface area contributed by atoms with Crippen LogP contribution in [-0.2, 0) is 14.3 Å². The number of benzene rings is 1. The molecule has 1 aromatic carbocycles. The van der Waals surface area contributed by atoms with Crippen molar-refractivity contribution in [2.75, 3.05) is 12.5 Å². The number of nitro groups is 1. The molecule has 138 valence electrons. The van der Waals surface area contributed by atoms with E-state index in [0.29, 0.717) is 17.0 Å². The highest BCUT2D eigenvalue weighted by Crippen LogP contribution is 2.41. The number of ether oxygens (including phenoxy) is 1. The number of hydrogen-bond donors (Lipinski definition) is 0. The summed E-state index contributed by atoms with van der Waals surface area (Å²) in [6.45, 7) is 4.90. The summed E-state index contributed by atoms with van der Waals surface area (Å²) < 4.78 is 5.14. The molecule has 2 unspecified atom stereocenters. The molecule has 7 nitrogen and oxygen atoms in total. The first kappa shape index (κ1) is 19.8. The van der Waals surface area contributed by atoms with Gasteiger partial charge in [-0.1, -0.05) is 12.1 Å². The van der Waals surface area contributed by atoms with Crippen LogP contribution < -0.4 is 0 Å². The second kappa shape index (κ2) is 8.23. The molecule has 0 spiro atoms. The van der Waals surface area contributed by atoms with Gasteiger partial charge < -0.3 is 4.74 Å². The third-order valence-electron chi connectivity index (χ3n) is 4.22. The minimum absolute atomic E-state index is 0.0401. The number of esters is 1. The molecule has 1 heterocycles. The van der Waals surface area contributed by atoms with Gasteiger partial charge in [-0.15, -0.1) is 11.6 Å². The lowest BCUT2D eigenvalue weighted by Crippen LogP contribution is -2.35. The lowest BCUT2D eigenvalue weighted by molar-refractivity contribution is -0.384. The van der Waals surface area contributed by atoms with Gasteiger partial charge in [0.25, 0.3) is 5.69 Å². The fraction of sp³-hybridized carbons (Fsp3) is 0.389. The highest BCUT2D eigenvalue weighted by molar-refractivity contribution is 6.20. The minimum atomic E-state index is -0.738. The number of rotatable bonds is 6. The van der Waals surface area contributed by atoms with Crippen molar-refractivity contribution in [2.24, 2.45) is 10.9 Å². The predicted molar refractivity (Wildman–Crippen MR) is 97.5 cm³/mol. The Bertz CT molecular complexity index is 816. The summed E-state index contributed by atoms with van der Waals surface area (Å²) >= 11 is 5.98. The van der Waals surface area contributed by atoms with Crippen molar-refractivity contribution >= 4 is 34.8 Å². The third kappa shape index (κ3) is 3.83. The molecule has 0 bridgehead atoms. The molecule has 1 aliphatic rings. The molecule has 2 atom stereocenters. The Hall–Kier alpha value is -2.54. The highest BCUT2D eigenvalue weighted by Gasteiger charge is 2.41. The number of non-ortho nitro benzene ring substituents is 1. The van der Waals surface area contributed by atoms with Crippen LogP contribution in [0.15, 0.2) is 40.5 Å². The maximum Gasteiger partial charge on any atom is 0.336 e. The molecule has 0 fully saturated rings. The number of Topliss-reactive ketones (excluding diaryl/α,β-unsaturated/α-hetero) is 1. The van der Waals surface area contributed by atoms with E-state index in [4.69, 9.17) is 16.3 Å². The van der Waals surface area contributed by atoms with E-state index in [9.17, 15) is 19.7 Å². The van der Waals surface area contributed by atoms with E-state index in [-0.39, 0.29) is 29.5 Å². The number of hydrogen-bond acceptors (Lipinski definition) is 6. The molecular formula is C18H19ClN2O5. The zero-order chi connectivity index (χ0) is 19.4. The molecule has 1 aliphatic heterocycles. The molecule has 0 N–H and O–H groups in total. The Balaban J connectivity index is 2.72. The summed E-state index contributed by atoms with van der Waals surface area (Å²) in [4.78, 5) is 39.9. The normalized spacial score (nSPS) is 19.8. The Morgan fingerprint density at radius 3 is 2.62 bits per heavy atom. The van der Waals surface area contributed by atoms with E-state index in [1.807, 2.05) is 0 Å². The van der Waals surface area contributed by atoms with E-state index in [2.05, 4.69) is 4.99 Å². The summed E-state index contributed by atoms with van der Waals surface area (Å²) in [5.41, 5.74) is 1.35. The maximum atomic E-state index is 12.6. The number of allylic oxidation sites excluding steroid dienone is 1. The van der Waals surface area contributed by atoms with E-state index < -0.39 is 22.7 Å². The molecule has 1 aromatic rings. The number of nitrogens with zero attached hydrogens (tertiary/aromatic N) is 2. The summed E-state index contributed by atoms with van der Waals surface area (Å²) in [7, 11) is 0. The van der Waals surface area contributed by atoms with Gasteiger partial charge in [-0.25, -0.2) is 4.79 Å². The monoisotopic (exact) mass is 378 g/mol. The fourth-order valence-corrected chi connectivity index (χ4v) is 3.41. The Labute approximate surface area is 155 Å². The molecule has 8 heteroatoms. The highest BCUT2D eigenvalue weighted by atomic mass is 35.5. The number of aliphatic imine (C=N–C) groups is 1. The van der Waals surface area contributed by atoms with Gasteiger partial charge in [0.15, 0.2) is 0 Å². The largest absolute Gasteiger partial charge is 0.463 e. The Kier molecular flexibility index (Phi) is 6.26. The smallest absolute Gasteiger partial charge is 0.336 e. The number of carbonyl (C=O) groups is 2. The van der Waals surface area contributed by atoms with Crippen LogP contribution in [0.25, 0.3) is 0 Å². The van der Waals surface area contributed by atoms with Crippen LogP contribution in [0.3, 0.4) is 0 Å². The standard InChI is InChI=1S/C18H19ClN2O5/c1-4-26-18(23)17-14(9-19)20-10(2)15(11(3)22)16(17)12-6-5-7-13(8-12)21(24)25/h5-8,15-16H,4,9H2,1-3H3. The number of alkyl halides is 1. The van der Waals surface area contributed by atoms with Gasteiger partial charge in [0.05, 0.1) is 34.6 Å². The van der Waals surface area contributed by atoms with Crippen LogP contribution in [0.1, 0.15) is 32.3 Å². The van der Waals surface area contributed by atoms with Crippen molar-refractivity contribution in [3.63, 3.8) is 0 Å². The summed E-state index contributed by atoms with van der Waals surface area (Å²) in [5.74, 6) is -2.32. The molecule has 0 radical (unpaired) electrons. The quantitative estimate of drug-likeness (QED) is 0.327. The number of ketones is 1. The van der Waals surface area contributed by atoms with Crippen molar-refractivity contribution in [3.8, 4) is 0 Å². The van der Waals surface area contributed by atoms with Crippen LogP contribution in [0.5, 0.6) is 0 Å². The lowest BCUT2D eigenvalue weighted by Gasteiger charge is -2.31. The van der Waals surface area contributed by atoms with E-state index in [1.54, 1.807) is 19.9 Å². The fourth-order valence-electron chi connectivity index (χ4n) is 3.21. The topological polar surface area (TPSA) is 98.9 Å². The molecule has 0 saturated carbocycles. The summed E-state index contributed by atoms with van der Waals surface area (Å²) in [6.07, 6.45) is 0. The first-order valence-corrected chi connectivity index (χ1v) is 8.61. The number of halogens is 1. The van der Waals surface area contributed by atoms with Gasteiger partial charge in [-0.3, -0.25) is 19.9 Å². The van der Waals surface area contributed by atoms with Crippen LogP contribution in [-0.4, -0.2) is 34.9 Å². The Morgan fingerprint density at radius 2 is 2.08 bits per heavy atom. The predicted octanol–water partition coefficient (Wildman–Crippen LogP) is 3.41. The summed E-state index contributed by atoms with van der Waals surface area (Å²) in [5, 5.41) is 11.1. The van der Waals surface area contributed by atoms with E-state index >= 15 is 0 Å². The average Bonchev–Trinajstić information content (AvgIpc) is 2.60. The van der Waals surface area contributed by atoms with Crippen LogP contribution in [0.4, 0.5) is 5.69 Å². The van der Waals surface area contributed by atoms with Gasteiger partial charge in [-0.05, 0) is 26.3 Å². The van der Waals surface area contributed by atoms with Crippen molar-refractivity contribution in [3.05, 3.63) is 51.2 Å². The number of nitro benzene ring substituents is 1. The van der Waals surface area contributed by atoms with Crippen LogP contribution in [0.2, 0.25) is 0 Å². The molecule has 0 amide bonds. The van der Waals surface area contributed by atoms with Gasteiger partial charge in [-0.2, -0.15) is 0 Å². The van der Waals surface area contributed by atoms with Crippen molar-refractivity contribution in [1.82, 2.24) is 0 Å². The zero-order valence-corrected chi connectivity index (χ0v) is 15.4.